The number of aryl methyl sites for hydroxylation is 1. The standard InChI is InChI=1S/C10H18N4S2/c1-7(10-12-8(2)13-14-10)11-9-5-15-3-4-16-6-9/h7,9,11H,3-6H2,1-2H3,(H,12,13,14)/t7-/m0/s1. The van der Waals surface area contributed by atoms with Crippen LogP contribution in [0, 0.1) is 6.92 Å². The van der Waals surface area contributed by atoms with Crippen molar-refractivity contribution in [1.82, 2.24) is 20.5 Å². The van der Waals surface area contributed by atoms with Gasteiger partial charge in [-0.3, -0.25) is 5.10 Å². The van der Waals surface area contributed by atoms with Crippen molar-refractivity contribution in [3.8, 4) is 0 Å². The summed E-state index contributed by atoms with van der Waals surface area (Å²) >= 11 is 4.07. The van der Waals surface area contributed by atoms with Crippen molar-refractivity contribution in [2.24, 2.45) is 0 Å². The van der Waals surface area contributed by atoms with Crippen LogP contribution in [0.3, 0.4) is 0 Å². The third-order valence-corrected chi connectivity index (χ3v) is 5.02. The molecule has 0 amide bonds. The van der Waals surface area contributed by atoms with Crippen molar-refractivity contribution in [2.45, 2.75) is 25.9 Å². The van der Waals surface area contributed by atoms with Gasteiger partial charge in [0.05, 0.1) is 6.04 Å². The topological polar surface area (TPSA) is 53.6 Å². The van der Waals surface area contributed by atoms with E-state index in [0.717, 1.165) is 11.6 Å². The fourth-order valence-corrected chi connectivity index (χ4v) is 4.12. The quantitative estimate of drug-likeness (QED) is 0.863. The maximum atomic E-state index is 4.36. The summed E-state index contributed by atoms with van der Waals surface area (Å²) in [5.41, 5.74) is 0. The Bertz CT molecular complexity index is 320. The van der Waals surface area contributed by atoms with Gasteiger partial charge in [0.1, 0.15) is 5.82 Å². The zero-order chi connectivity index (χ0) is 11.4. The summed E-state index contributed by atoms with van der Waals surface area (Å²) in [4.78, 5) is 4.36. The molecule has 1 aromatic heterocycles. The minimum atomic E-state index is 0.231. The molecule has 1 atom stereocenters. The summed E-state index contributed by atoms with van der Waals surface area (Å²) in [5, 5.41) is 10.7. The van der Waals surface area contributed by atoms with Gasteiger partial charge in [0.15, 0.2) is 5.82 Å². The second-order valence-corrected chi connectivity index (χ2v) is 6.31. The predicted octanol–water partition coefficient (Wildman–Crippen LogP) is 1.61. The van der Waals surface area contributed by atoms with E-state index in [2.05, 4.69) is 27.4 Å². The number of thioether (sulfide) groups is 2. The van der Waals surface area contributed by atoms with Crippen LogP contribution >= 0.6 is 23.5 Å². The first-order valence-corrected chi connectivity index (χ1v) is 7.87. The molecule has 2 N–H and O–H groups in total. The van der Waals surface area contributed by atoms with E-state index in [1.165, 1.54) is 23.0 Å². The van der Waals surface area contributed by atoms with Crippen LogP contribution in [-0.4, -0.2) is 44.2 Å². The Hall–Kier alpha value is -0.200. The molecular formula is C10H18N4S2. The number of nitrogens with one attached hydrogen (secondary N) is 2. The molecule has 0 bridgehead atoms. The van der Waals surface area contributed by atoms with Crippen molar-refractivity contribution in [3.05, 3.63) is 11.6 Å². The molecule has 0 unspecified atom stereocenters. The van der Waals surface area contributed by atoms with E-state index < -0.39 is 0 Å². The SMILES string of the molecule is Cc1nc([C@H](C)NC2CSCCSC2)n[nH]1. The summed E-state index contributed by atoms with van der Waals surface area (Å²) in [6.45, 7) is 4.06. The van der Waals surface area contributed by atoms with Gasteiger partial charge in [0.2, 0.25) is 0 Å². The van der Waals surface area contributed by atoms with Crippen LogP contribution in [-0.2, 0) is 0 Å². The molecule has 1 aliphatic heterocycles. The average Bonchev–Trinajstić information content (AvgIpc) is 2.54. The van der Waals surface area contributed by atoms with E-state index in [1.807, 2.05) is 30.4 Å². The normalized spacial score (nSPS) is 20.6. The summed E-state index contributed by atoms with van der Waals surface area (Å²) in [6.07, 6.45) is 0. The minimum Gasteiger partial charge on any atom is -0.303 e. The van der Waals surface area contributed by atoms with Crippen LogP contribution in [0.4, 0.5) is 0 Å². The van der Waals surface area contributed by atoms with E-state index in [9.17, 15) is 0 Å². The minimum absolute atomic E-state index is 0.231. The van der Waals surface area contributed by atoms with Gasteiger partial charge in [-0.25, -0.2) is 4.98 Å². The first-order chi connectivity index (χ1) is 7.75. The lowest BCUT2D eigenvalue weighted by Crippen LogP contribution is -2.35. The third-order valence-electron chi connectivity index (χ3n) is 2.50. The number of aromatic amines is 1. The lowest BCUT2D eigenvalue weighted by molar-refractivity contribution is 0.497. The Morgan fingerprint density at radius 1 is 1.38 bits per heavy atom. The Labute approximate surface area is 105 Å². The zero-order valence-corrected chi connectivity index (χ0v) is 11.3. The van der Waals surface area contributed by atoms with E-state index in [1.54, 1.807) is 0 Å². The number of aromatic nitrogens is 3. The Morgan fingerprint density at radius 3 is 2.62 bits per heavy atom. The maximum Gasteiger partial charge on any atom is 0.167 e. The molecule has 6 heteroatoms. The fourth-order valence-electron chi connectivity index (χ4n) is 1.70. The van der Waals surface area contributed by atoms with E-state index in [-0.39, 0.29) is 6.04 Å². The van der Waals surface area contributed by atoms with Crippen molar-refractivity contribution >= 4 is 23.5 Å². The van der Waals surface area contributed by atoms with Crippen molar-refractivity contribution < 1.29 is 0 Å². The summed E-state index contributed by atoms with van der Waals surface area (Å²) < 4.78 is 0. The molecule has 90 valence electrons. The molecule has 0 saturated carbocycles. The van der Waals surface area contributed by atoms with E-state index >= 15 is 0 Å². The highest BCUT2D eigenvalue weighted by Gasteiger charge is 2.18. The summed E-state index contributed by atoms with van der Waals surface area (Å²) in [6, 6.07) is 0.806. The highest BCUT2D eigenvalue weighted by atomic mass is 32.2. The van der Waals surface area contributed by atoms with Crippen LogP contribution < -0.4 is 5.32 Å². The Balaban J connectivity index is 1.88. The number of hydrogen-bond acceptors (Lipinski definition) is 5. The number of nitrogens with zero attached hydrogens (tertiary/aromatic N) is 2. The molecule has 2 heterocycles. The maximum absolute atomic E-state index is 4.36. The molecule has 2 rings (SSSR count). The molecule has 16 heavy (non-hydrogen) atoms. The molecular weight excluding hydrogens is 240 g/mol. The number of H-pyrrole nitrogens is 1. The lowest BCUT2D eigenvalue weighted by atomic mass is 10.2. The second kappa shape index (κ2) is 5.93. The lowest BCUT2D eigenvalue weighted by Gasteiger charge is -2.19. The van der Waals surface area contributed by atoms with Gasteiger partial charge in [-0.05, 0) is 13.8 Å². The van der Waals surface area contributed by atoms with Crippen LogP contribution in [0.5, 0.6) is 0 Å². The Kier molecular flexibility index (Phi) is 4.55. The average molecular weight is 258 g/mol. The number of rotatable bonds is 3. The molecule has 0 aromatic carbocycles. The highest BCUT2D eigenvalue weighted by Crippen LogP contribution is 2.18. The molecule has 0 aliphatic carbocycles. The first kappa shape index (κ1) is 12.3. The van der Waals surface area contributed by atoms with Gasteiger partial charge in [-0.1, -0.05) is 0 Å². The van der Waals surface area contributed by atoms with Gasteiger partial charge in [0.25, 0.3) is 0 Å². The van der Waals surface area contributed by atoms with Gasteiger partial charge in [-0.2, -0.15) is 28.6 Å². The van der Waals surface area contributed by atoms with Crippen molar-refractivity contribution in [3.63, 3.8) is 0 Å². The van der Waals surface area contributed by atoms with Crippen LogP contribution in [0.2, 0.25) is 0 Å². The Morgan fingerprint density at radius 2 is 2.06 bits per heavy atom. The van der Waals surface area contributed by atoms with Crippen LogP contribution in [0.15, 0.2) is 0 Å². The molecule has 1 aromatic rings. The second-order valence-electron chi connectivity index (χ2n) is 4.01. The molecule has 4 nitrogen and oxygen atoms in total. The van der Waals surface area contributed by atoms with E-state index in [4.69, 9.17) is 0 Å². The molecule has 1 fully saturated rings. The predicted molar refractivity (Wildman–Crippen MR) is 71.1 cm³/mol. The number of hydrogen-bond donors (Lipinski definition) is 2. The zero-order valence-electron chi connectivity index (χ0n) is 9.69. The van der Waals surface area contributed by atoms with Crippen molar-refractivity contribution in [2.75, 3.05) is 23.0 Å². The van der Waals surface area contributed by atoms with Gasteiger partial charge in [0, 0.05) is 29.1 Å². The van der Waals surface area contributed by atoms with Gasteiger partial charge < -0.3 is 5.32 Å². The summed E-state index contributed by atoms with van der Waals surface area (Å²) in [7, 11) is 0. The van der Waals surface area contributed by atoms with Gasteiger partial charge >= 0.3 is 0 Å². The van der Waals surface area contributed by atoms with Crippen molar-refractivity contribution in [1.29, 1.82) is 0 Å². The van der Waals surface area contributed by atoms with Gasteiger partial charge in [-0.15, -0.1) is 0 Å². The largest absolute Gasteiger partial charge is 0.303 e. The fraction of sp³-hybridized carbons (Fsp3) is 0.800. The van der Waals surface area contributed by atoms with Crippen LogP contribution in [0.1, 0.15) is 24.6 Å². The molecule has 0 radical (unpaired) electrons. The smallest absolute Gasteiger partial charge is 0.167 e. The monoisotopic (exact) mass is 258 g/mol. The molecule has 1 saturated heterocycles. The highest BCUT2D eigenvalue weighted by molar-refractivity contribution is 8.03. The summed E-state index contributed by atoms with van der Waals surface area (Å²) in [5.74, 6) is 6.69. The van der Waals surface area contributed by atoms with E-state index in [0.29, 0.717) is 6.04 Å². The molecule has 1 aliphatic rings. The van der Waals surface area contributed by atoms with Crippen LogP contribution in [0.25, 0.3) is 0 Å². The first-order valence-electron chi connectivity index (χ1n) is 5.56. The third kappa shape index (κ3) is 3.40. The molecule has 0 spiro atoms.